The van der Waals surface area contributed by atoms with Gasteiger partial charge in [0.2, 0.25) is 5.79 Å². The summed E-state index contributed by atoms with van der Waals surface area (Å²) in [7, 11) is -1.69. The van der Waals surface area contributed by atoms with Crippen LogP contribution in [0.25, 0.3) is 0 Å². The molecule has 0 saturated heterocycles. The summed E-state index contributed by atoms with van der Waals surface area (Å²) in [6, 6.07) is 1.39. The molecule has 0 atom stereocenters. The third kappa shape index (κ3) is 3.40. The van der Waals surface area contributed by atoms with Gasteiger partial charge in [-0.25, -0.2) is 4.79 Å². The monoisotopic (exact) mass is 330 g/mol. The summed E-state index contributed by atoms with van der Waals surface area (Å²) >= 11 is 6.13. The largest absolute Gasteiger partial charge is 0.493 e. The van der Waals surface area contributed by atoms with E-state index in [0.717, 1.165) is 0 Å². The smallest absolute Gasteiger partial charge is 0.491 e. The van der Waals surface area contributed by atoms with Gasteiger partial charge in [0, 0.05) is 19.9 Å². The molecule has 0 saturated carbocycles. The zero-order valence-electron chi connectivity index (χ0n) is 12.4. The lowest BCUT2D eigenvalue weighted by Gasteiger charge is -2.33. The molecular weight excluding hydrogens is 314 g/mol. The zero-order chi connectivity index (χ0) is 16.5. The Hall–Kier alpha value is -1.64. The summed E-state index contributed by atoms with van der Waals surface area (Å²) in [5.41, 5.74) is 0.0491. The normalized spacial score (nSPS) is 15.5. The molecule has 0 spiro atoms. The van der Waals surface area contributed by atoms with E-state index in [2.05, 4.69) is 0 Å². The van der Waals surface area contributed by atoms with Gasteiger partial charge < -0.3 is 29.0 Å². The lowest BCUT2D eigenvalue weighted by Crippen LogP contribution is -2.39. The molecular formula is C13H16BClO7. The molecule has 2 N–H and O–H groups in total. The second kappa shape index (κ2) is 6.24. The third-order valence-corrected chi connectivity index (χ3v) is 3.00. The second-order valence-electron chi connectivity index (χ2n) is 5.01. The van der Waals surface area contributed by atoms with Crippen LogP contribution < -0.4 is 14.2 Å². The maximum Gasteiger partial charge on any atom is 0.491 e. The Morgan fingerprint density at radius 3 is 2.59 bits per heavy atom. The molecule has 0 aromatic heterocycles. The van der Waals surface area contributed by atoms with Crippen molar-refractivity contribution in [1.29, 1.82) is 0 Å². The minimum Gasteiger partial charge on any atom is -0.493 e. The van der Waals surface area contributed by atoms with Gasteiger partial charge in [-0.1, -0.05) is 11.6 Å². The Morgan fingerprint density at radius 2 is 2.00 bits per heavy atom. The van der Waals surface area contributed by atoms with E-state index in [9.17, 15) is 4.79 Å². The Labute approximate surface area is 132 Å². The number of carbonyl (C=O) groups is 1. The molecule has 1 heterocycles. The topological polar surface area (TPSA) is 94.5 Å². The van der Waals surface area contributed by atoms with Crippen LogP contribution in [-0.4, -0.2) is 42.0 Å². The Balaban J connectivity index is 2.56. The highest BCUT2D eigenvalue weighted by Gasteiger charge is 2.39. The van der Waals surface area contributed by atoms with E-state index < -0.39 is 25.4 Å². The van der Waals surface area contributed by atoms with Crippen LogP contribution >= 0.6 is 11.6 Å². The molecule has 0 aliphatic carbocycles. The number of hydrogen-bond donors (Lipinski definition) is 2. The van der Waals surface area contributed by atoms with E-state index in [1.807, 2.05) is 0 Å². The quantitative estimate of drug-likeness (QED) is 0.622. The van der Waals surface area contributed by atoms with Crippen LogP contribution in [0.3, 0.4) is 0 Å². The van der Waals surface area contributed by atoms with Crippen LogP contribution in [0.2, 0.25) is 5.02 Å². The van der Waals surface area contributed by atoms with Crippen molar-refractivity contribution in [3.63, 3.8) is 0 Å². The predicted octanol–water partition coefficient (Wildman–Crippen LogP) is 1.41. The number of hydrogen-bond acceptors (Lipinski definition) is 7. The first-order valence-corrected chi connectivity index (χ1v) is 7.03. The fourth-order valence-electron chi connectivity index (χ4n) is 1.98. The molecule has 9 heteroatoms. The maximum atomic E-state index is 12.2. The average molecular weight is 331 g/mol. The van der Waals surface area contributed by atoms with Crippen LogP contribution in [-0.2, 0) is 4.74 Å². The van der Waals surface area contributed by atoms with Crippen molar-refractivity contribution >= 4 is 24.7 Å². The van der Waals surface area contributed by atoms with E-state index in [-0.39, 0.29) is 27.8 Å². The molecule has 0 unspecified atom stereocenters. The number of carbonyl (C=O) groups excluding carboxylic acids is 1. The van der Waals surface area contributed by atoms with Gasteiger partial charge in [0.05, 0.1) is 11.6 Å². The number of halogens is 1. The number of esters is 1. The van der Waals surface area contributed by atoms with Gasteiger partial charge in [-0.15, -0.1) is 0 Å². The summed E-state index contributed by atoms with van der Waals surface area (Å²) in [6.07, 6.45) is 0. The van der Waals surface area contributed by atoms with Gasteiger partial charge in [0.25, 0.3) is 0 Å². The van der Waals surface area contributed by atoms with Gasteiger partial charge in [-0.05, 0) is 6.92 Å². The lowest BCUT2D eigenvalue weighted by atomic mass is 9.95. The fourth-order valence-corrected chi connectivity index (χ4v) is 2.22. The van der Waals surface area contributed by atoms with Crippen LogP contribution in [0.15, 0.2) is 6.07 Å². The number of benzene rings is 1. The van der Waals surface area contributed by atoms with Crippen molar-refractivity contribution in [1.82, 2.24) is 0 Å². The molecule has 1 aliphatic heterocycles. The van der Waals surface area contributed by atoms with Gasteiger partial charge in [0.1, 0.15) is 17.8 Å². The predicted molar refractivity (Wildman–Crippen MR) is 78.4 cm³/mol. The Bertz CT molecular complexity index is 588. The highest BCUT2D eigenvalue weighted by atomic mass is 35.5. The molecule has 7 nitrogen and oxygen atoms in total. The first kappa shape index (κ1) is 16.7. The highest BCUT2D eigenvalue weighted by Crippen LogP contribution is 2.47. The lowest BCUT2D eigenvalue weighted by molar-refractivity contribution is -0.128. The Kier molecular flexibility index (Phi) is 4.74. The molecule has 22 heavy (non-hydrogen) atoms. The molecule has 1 aromatic rings. The van der Waals surface area contributed by atoms with Crippen LogP contribution in [0.1, 0.15) is 31.1 Å². The molecule has 2 rings (SSSR count). The van der Waals surface area contributed by atoms with Crippen molar-refractivity contribution in [3.8, 4) is 17.2 Å². The summed E-state index contributed by atoms with van der Waals surface area (Å²) in [6.45, 7) is 4.75. The molecule has 1 aliphatic rings. The fraction of sp³-hybridized carbons (Fsp3) is 0.462. The molecule has 0 radical (unpaired) electrons. The van der Waals surface area contributed by atoms with Crippen molar-refractivity contribution in [3.05, 3.63) is 16.7 Å². The van der Waals surface area contributed by atoms with Crippen LogP contribution in [0, 0.1) is 0 Å². The standard InChI is InChI=1S/C13H16BClO7/c1-4-19-8-5-7(15)10(20-6-14(17)18)11-9(8)12(16)22-13(2,3)21-11/h5,17-18H,4,6H2,1-3H3. The number of fused-ring (bicyclic) bond motifs is 1. The number of ether oxygens (including phenoxy) is 4. The first-order valence-electron chi connectivity index (χ1n) is 6.65. The third-order valence-electron chi connectivity index (χ3n) is 2.72. The van der Waals surface area contributed by atoms with Gasteiger partial charge in [-0.3, -0.25) is 0 Å². The van der Waals surface area contributed by atoms with Crippen LogP contribution in [0.4, 0.5) is 0 Å². The van der Waals surface area contributed by atoms with E-state index in [0.29, 0.717) is 6.61 Å². The van der Waals surface area contributed by atoms with Crippen molar-refractivity contribution in [2.75, 3.05) is 13.1 Å². The molecule has 1 aromatic carbocycles. The Morgan fingerprint density at radius 1 is 1.32 bits per heavy atom. The maximum absolute atomic E-state index is 12.2. The van der Waals surface area contributed by atoms with E-state index in [1.165, 1.54) is 6.07 Å². The van der Waals surface area contributed by atoms with Crippen molar-refractivity contribution in [2.24, 2.45) is 0 Å². The van der Waals surface area contributed by atoms with Gasteiger partial charge in [0.15, 0.2) is 11.5 Å². The molecule has 0 amide bonds. The minimum atomic E-state index is -1.69. The summed E-state index contributed by atoms with van der Waals surface area (Å²) < 4.78 is 21.4. The summed E-state index contributed by atoms with van der Waals surface area (Å²) in [5, 5.41) is 18.0. The van der Waals surface area contributed by atoms with Gasteiger partial charge >= 0.3 is 13.1 Å². The van der Waals surface area contributed by atoms with E-state index in [1.54, 1.807) is 20.8 Å². The number of rotatable bonds is 5. The first-order chi connectivity index (χ1) is 10.2. The number of cyclic esters (lactones) is 1. The van der Waals surface area contributed by atoms with Crippen LogP contribution in [0.5, 0.6) is 17.2 Å². The second-order valence-corrected chi connectivity index (χ2v) is 5.41. The SMILES string of the molecule is CCOc1cc(Cl)c(OCB(O)O)c2c1C(=O)OC(C)(C)O2. The summed E-state index contributed by atoms with van der Waals surface area (Å²) in [4.78, 5) is 12.2. The average Bonchev–Trinajstić information content (AvgIpc) is 2.35. The van der Waals surface area contributed by atoms with Gasteiger partial charge in [-0.2, -0.15) is 0 Å². The summed E-state index contributed by atoms with van der Waals surface area (Å²) in [5.74, 6) is -1.56. The van der Waals surface area contributed by atoms with Crippen molar-refractivity contribution < 1.29 is 33.8 Å². The van der Waals surface area contributed by atoms with E-state index in [4.69, 9.17) is 40.6 Å². The molecule has 0 bridgehead atoms. The minimum absolute atomic E-state index is 0.0259. The zero-order valence-corrected chi connectivity index (χ0v) is 13.1. The highest BCUT2D eigenvalue weighted by molar-refractivity contribution is 6.41. The van der Waals surface area contributed by atoms with Crippen molar-refractivity contribution in [2.45, 2.75) is 26.6 Å². The molecule has 120 valence electrons. The van der Waals surface area contributed by atoms with E-state index >= 15 is 0 Å². The molecule has 0 fully saturated rings.